The summed E-state index contributed by atoms with van der Waals surface area (Å²) in [4.78, 5) is 11.4. The Labute approximate surface area is 116 Å². The van der Waals surface area contributed by atoms with Crippen LogP contribution in [0.25, 0.3) is 0 Å². The zero-order valence-corrected chi connectivity index (χ0v) is 11.8. The Balaban J connectivity index is 1.95. The molecule has 0 unspecified atom stereocenters. The lowest BCUT2D eigenvalue weighted by Crippen LogP contribution is -2.36. The molecular weight excluding hydrogens is 264 g/mol. The Morgan fingerprint density at radius 1 is 1.47 bits per heavy atom. The molecule has 7 heteroatoms. The van der Waals surface area contributed by atoms with E-state index in [0.29, 0.717) is 18.9 Å². The molecule has 0 spiro atoms. The molecule has 2 heterocycles. The Morgan fingerprint density at radius 3 is 2.74 bits per heavy atom. The zero-order chi connectivity index (χ0) is 13.5. The van der Waals surface area contributed by atoms with Gasteiger partial charge in [-0.25, -0.2) is 4.98 Å². The van der Waals surface area contributed by atoms with Crippen molar-refractivity contribution in [3.63, 3.8) is 0 Å². The van der Waals surface area contributed by atoms with Crippen LogP contribution in [0.1, 0.15) is 30.5 Å². The monoisotopic (exact) mass is 282 g/mol. The quantitative estimate of drug-likeness (QED) is 0.495. The topological polar surface area (TPSA) is 84.5 Å². The van der Waals surface area contributed by atoms with Crippen LogP contribution in [0.3, 0.4) is 0 Å². The summed E-state index contributed by atoms with van der Waals surface area (Å²) in [5.41, 5.74) is 0.760. The number of nitrogens with two attached hydrogens (primary N) is 1. The summed E-state index contributed by atoms with van der Waals surface area (Å²) in [5, 5.41) is 9.89. The molecule has 0 bridgehead atoms. The molecule has 1 aromatic rings. The standard InChI is InChI=1S/C12H18N4O2S/c1-12(2-3-12)11-15-8(9(13)18-14)10(19-11)16-4-6-17-7-5-16/h13H,2-7,14H2,1H3. The third kappa shape index (κ3) is 2.33. The van der Waals surface area contributed by atoms with E-state index in [1.165, 1.54) is 12.8 Å². The normalized spacial score (nSPS) is 21.3. The van der Waals surface area contributed by atoms with E-state index < -0.39 is 0 Å². The number of thiazole rings is 1. The van der Waals surface area contributed by atoms with Gasteiger partial charge in [-0.05, 0) is 12.8 Å². The molecule has 1 saturated heterocycles. The molecule has 0 aromatic carbocycles. The summed E-state index contributed by atoms with van der Waals surface area (Å²) in [6.07, 6.45) is 2.33. The van der Waals surface area contributed by atoms with Gasteiger partial charge in [0.05, 0.1) is 13.2 Å². The average Bonchev–Trinajstić information content (AvgIpc) is 3.04. The Morgan fingerprint density at radius 2 is 2.16 bits per heavy atom. The number of hydrogen-bond acceptors (Lipinski definition) is 7. The van der Waals surface area contributed by atoms with E-state index >= 15 is 0 Å². The SMILES string of the molecule is CC1(c2nc(C(=N)ON)c(N3CCOCC3)s2)CC1. The molecule has 0 amide bonds. The largest absolute Gasteiger partial charge is 0.389 e. The highest BCUT2D eigenvalue weighted by atomic mass is 32.1. The molecule has 3 N–H and O–H groups in total. The fourth-order valence-corrected chi connectivity index (χ4v) is 3.47. The van der Waals surface area contributed by atoms with Crippen LogP contribution in [0.15, 0.2) is 0 Å². The first-order valence-corrected chi connectivity index (χ1v) is 7.25. The van der Waals surface area contributed by atoms with Gasteiger partial charge in [-0.3, -0.25) is 5.41 Å². The molecule has 1 saturated carbocycles. The van der Waals surface area contributed by atoms with Gasteiger partial charge < -0.3 is 14.5 Å². The lowest BCUT2D eigenvalue weighted by atomic mass is 10.2. The number of nitrogens with one attached hydrogen (secondary N) is 1. The Hall–Kier alpha value is -1.18. The molecule has 104 valence electrons. The van der Waals surface area contributed by atoms with Gasteiger partial charge in [0, 0.05) is 18.5 Å². The van der Waals surface area contributed by atoms with Crippen molar-refractivity contribution >= 4 is 22.2 Å². The van der Waals surface area contributed by atoms with Crippen LogP contribution in [0.4, 0.5) is 5.00 Å². The molecular formula is C12H18N4O2S. The van der Waals surface area contributed by atoms with Crippen molar-refractivity contribution in [3.05, 3.63) is 10.7 Å². The molecule has 3 rings (SSSR count). The molecule has 19 heavy (non-hydrogen) atoms. The fraction of sp³-hybridized carbons (Fsp3) is 0.667. The lowest BCUT2D eigenvalue weighted by molar-refractivity contribution is 0.123. The van der Waals surface area contributed by atoms with Crippen LogP contribution in [-0.4, -0.2) is 37.2 Å². The van der Waals surface area contributed by atoms with Crippen molar-refractivity contribution in [1.29, 1.82) is 5.41 Å². The van der Waals surface area contributed by atoms with Gasteiger partial charge in [0.2, 0.25) is 0 Å². The van der Waals surface area contributed by atoms with Crippen molar-refractivity contribution in [2.45, 2.75) is 25.2 Å². The van der Waals surface area contributed by atoms with Crippen molar-refractivity contribution in [2.75, 3.05) is 31.2 Å². The average molecular weight is 282 g/mol. The summed E-state index contributed by atoms with van der Waals surface area (Å²) in [6.45, 7) is 5.28. The number of anilines is 1. The second-order valence-corrected chi connectivity index (χ2v) is 6.26. The van der Waals surface area contributed by atoms with Crippen LogP contribution in [0.2, 0.25) is 0 Å². The number of aromatic nitrogens is 1. The van der Waals surface area contributed by atoms with Gasteiger partial charge in [-0.15, -0.1) is 11.3 Å². The van der Waals surface area contributed by atoms with Gasteiger partial charge in [-0.2, -0.15) is 5.90 Å². The predicted octanol–water partition coefficient (Wildman–Crippen LogP) is 1.25. The highest BCUT2D eigenvalue weighted by Gasteiger charge is 2.43. The summed E-state index contributed by atoms with van der Waals surface area (Å²) in [6, 6.07) is 0. The highest BCUT2D eigenvalue weighted by Crippen LogP contribution is 2.50. The van der Waals surface area contributed by atoms with E-state index in [4.69, 9.17) is 16.0 Å². The maximum Gasteiger partial charge on any atom is 0.259 e. The predicted molar refractivity (Wildman–Crippen MR) is 73.8 cm³/mol. The van der Waals surface area contributed by atoms with Gasteiger partial charge in [0.25, 0.3) is 5.90 Å². The van der Waals surface area contributed by atoms with Crippen molar-refractivity contribution in [3.8, 4) is 0 Å². The molecule has 0 radical (unpaired) electrons. The minimum atomic E-state index is -0.0618. The minimum absolute atomic E-state index is 0.0618. The number of ether oxygens (including phenoxy) is 1. The van der Waals surface area contributed by atoms with Crippen LogP contribution in [-0.2, 0) is 15.0 Å². The van der Waals surface area contributed by atoms with E-state index in [9.17, 15) is 0 Å². The first-order chi connectivity index (χ1) is 9.14. The van der Waals surface area contributed by atoms with Crippen LogP contribution in [0, 0.1) is 5.41 Å². The number of rotatable bonds is 3. The van der Waals surface area contributed by atoms with E-state index in [2.05, 4.69) is 21.6 Å². The number of morpholine rings is 1. The molecule has 2 fully saturated rings. The van der Waals surface area contributed by atoms with Crippen LogP contribution >= 0.6 is 11.3 Å². The van der Waals surface area contributed by atoms with Gasteiger partial charge in [-0.1, -0.05) is 6.92 Å². The number of hydrogen-bond donors (Lipinski definition) is 2. The van der Waals surface area contributed by atoms with Crippen molar-refractivity contribution in [1.82, 2.24) is 4.98 Å². The lowest BCUT2D eigenvalue weighted by Gasteiger charge is -2.27. The van der Waals surface area contributed by atoms with Gasteiger partial charge in [0.1, 0.15) is 10.0 Å². The first-order valence-electron chi connectivity index (χ1n) is 6.44. The third-order valence-electron chi connectivity index (χ3n) is 3.76. The first kappa shape index (κ1) is 12.8. The van der Waals surface area contributed by atoms with Gasteiger partial charge in [0.15, 0.2) is 5.69 Å². The van der Waals surface area contributed by atoms with E-state index in [1.807, 2.05) is 0 Å². The highest BCUT2D eigenvalue weighted by molar-refractivity contribution is 7.16. The molecule has 2 aliphatic rings. The Bertz CT molecular complexity index is 492. The summed E-state index contributed by atoms with van der Waals surface area (Å²) >= 11 is 1.66. The van der Waals surface area contributed by atoms with E-state index in [-0.39, 0.29) is 11.3 Å². The zero-order valence-electron chi connectivity index (χ0n) is 10.9. The second-order valence-electron chi connectivity index (χ2n) is 5.28. The smallest absolute Gasteiger partial charge is 0.259 e. The Kier molecular flexibility index (Phi) is 3.20. The molecule has 1 aliphatic carbocycles. The molecule has 0 atom stereocenters. The van der Waals surface area contributed by atoms with Crippen LogP contribution in [0.5, 0.6) is 0 Å². The van der Waals surface area contributed by atoms with Crippen molar-refractivity contribution in [2.24, 2.45) is 5.90 Å². The van der Waals surface area contributed by atoms with Gasteiger partial charge >= 0.3 is 0 Å². The third-order valence-corrected chi connectivity index (χ3v) is 5.18. The summed E-state index contributed by atoms with van der Waals surface area (Å²) < 4.78 is 5.37. The minimum Gasteiger partial charge on any atom is -0.389 e. The van der Waals surface area contributed by atoms with Crippen LogP contribution < -0.4 is 10.8 Å². The number of nitrogens with zero attached hydrogens (tertiary/aromatic N) is 2. The van der Waals surface area contributed by atoms with E-state index in [0.717, 1.165) is 23.1 Å². The maximum atomic E-state index is 7.82. The molecule has 1 aromatic heterocycles. The second kappa shape index (κ2) is 4.73. The van der Waals surface area contributed by atoms with E-state index in [1.54, 1.807) is 11.3 Å². The summed E-state index contributed by atoms with van der Waals surface area (Å²) in [5.74, 6) is 5.07. The van der Waals surface area contributed by atoms with Crippen molar-refractivity contribution < 1.29 is 9.57 Å². The summed E-state index contributed by atoms with van der Waals surface area (Å²) in [7, 11) is 0. The molecule has 1 aliphatic heterocycles. The molecule has 6 nitrogen and oxygen atoms in total. The maximum absolute atomic E-state index is 7.82. The fourth-order valence-electron chi connectivity index (χ4n) is 2.16.